The van der Waals surface area contributed by atoms with Crippen LogP contribution in [-0.2, 0) is 4.74 Å². The summed E-state index contributed by atoms with van der Waals surface area (Å²) in [5, 5.41) is 0. The molecule has 3 nitrogen and oxygen atoms in total. The molecule has 1 aliphatic carbocycles. The van der Waals surface area contributed by atoms with Crippen molar-refractivity contribution in [3.8, 4) is 0 Å². The number of carbonyl (C=O) groups is 1. The van der Waals surface area contributed by atoms with Crippen LogP contribution in [0.2, 0.25) is 0 Å². The van der Waals surface area contributed by atoms with Gasteiger partial charge in [-0.25, -0.2) is 13.6 Å². The molecule has 0 aromatic carbocycles. The van der Waals surface area contributed by atoms with Gasteiger partial charge >= 0.3 is 6.09 Å². The van der Waals surface area contributed by atoms with Gasteiger partial charge in [0.25, 0.3) is 0 Å². The van der Waals surface area contributed by atoms with Crippen molar-refractivity contribution < 1.29 is 18.3 Å². The zero-order valence-electron chi connectivity index (χ0n) is 10.6. The molecule has 5 heteroatoms. The summed E-state index contributed by atoms with van der Waals surface area (Å²) in [7, 11) is 0. The number of nitrogens with zero attached hydrogens (tertiary/aromatic N) is 1. The van der Waals surface area contributed by atoms with Crippen LogP contribution < -0.4 is 0 Å². The number of alkyl halides is 2. The van der Waals surface area contributed by atoms with Crippen molar-refractivity contribution in [1.29, 1.82) is 0 Å². The lowest BCUT2D eigenvalue weighted by Crippen LogP contribution is -2.48. The summed E-state index contributed by atoms with van der Waals surface area (Å²) in [6, 6.07) is 0. The number of hydrogen-bond acceptors (Lipinski definition) is 2. The first-order valence-electron chi connectivity index (χ1n) is 5.97. The number of halogens is 2. The Bertz CT molecular complexity index is 328. The number of ether oxygens (including phenoxy) is 1. The third kappa shape index (κ3) is 2.69. The fourth-order valence-electron chi connectivity index (χ4n) is 2.75. The first kappa shape index (κ1) is 12.6. The minimum Gasteiger partial charge on any atom is -0.444 e. The van der Waals surface area contributed by atoms with Crippen LogP contribution in [0.4, 0.5) is 13.6 Å². The van der Waals surface area contributed by atoms with Gasteiger partial charge in [-0.15, -0.1) is 0 Å². The van der Waals surface area contributed by atoms with Gasteiger partial charge in [-0.05, 0) is 27.2 Å². The normalized spacial score (nSPS) is 25.8. The summed E-state index contributed by atoms with van der Waals surface area (Å²) < 4.78 is 31.0. The molecule has 1 heterocycles. The number of amides is 1. The molecule has 2 aliphatic rings. The van der Waals surface area contributed by atoms with Crippen molar-refractivity contribution in [3.63, 3.8) is 0 Å². The highest BCUT2D eigenvalue weighted by molar-refractivity contribution is 5.68. The van der Waals surface area contributed by atoms with Gasteiger partial charge < -0.3 is 9.64 Å². The fraction of sp³-hybridized carbons (Fsp3) is 0.917. The smallest absolute Gasteiger partial charge is 0.410 e. The quantitative estimate of drug-likeness (QED) is 0.658. The Morgan fingerprint density at radius 1 is 1.29 bits per heavy atom. The molecule has 0 atom stereocenters. The van der Waals surface area contributed by atoms with Crippen LogP contribution in [0.5, 0.6) is 0 Å². The molecule has 1 saturated carbocycles. The third-order valence-electron chi connectivity index (χ3n) is 3.36. The van der Waals surface area contributed by atoms with Crippen LogP contribution in [0.25, 0.3) is 0 Å². The fourth-order valence-corrected chi connectivity index (χ4v) is 2.75. The number of carbonyl (C=O) groups excluding carboxylic acids is 1. The minimum absolute atomic E-state index is 0.0840. The van der Waals surface area contributed by atoms with Crippen molar-refractivity contribution in [2.24, 2.45) is 5.41 Å². The molecule has 2 fully saturated rings. The first-order valence-corrected chi connectivity index (χ1v) is 5.97. The van der Waals surface area contributed by atoms with Gasteiger partial charge in [0, 0.05) is 31.3 Å². The van der Waals surface area contributed by atoms with Crippen LogP contribution in [0, 0.1) is 5.41 Å². The minimum atomic E-state index is -2.52. The van der Waals surface area contributed by atoms with E-state index in [1.807, 2.05) is 0 Å². The Kier molecular flexibility index (Phi) is 2.64. The van der Waals surface area contributed by atoms with Gasteiger partial charge in [0.2, 0.25) is 5.92 Å². The monoisotopic (exact) mass is 247 g/mol. The summed E-state index contributed by atoms with van der Waals surface area (Å²) in [6.45, 7) is 6.35. The summed E-state index contributed by atoms with van der Waals surface area (Å²) >= 11 is 0. The van der Waals surface area contributed by atoms with Gasteiger partial charge in [-0.3, -0.25) is 0 Å². The Labute approximate surface area is 100 Å². The standard InChI is InChI=1S/C12H19F2NO2/c1-10(2,3)17-9(16)15-5-4-11(8-15)6-12(13,14)7-11/h4-8H2,1-3H3. The molecule has 0 aromatic heterocycles. The molecule has 2 rings (SSSR count). The summed E-state index contributed by atoms with van der Waals surface area (Å²) in [5.74, 6) is -2.52. The van der Waals surface area contributed by atoms with Crippen LogP contribution in [0.1, 0.15) is 40.0 Å². The van der Waals surface area contributed by atoms with E-state index >= 15 is 0 Å². The van der Waals surface area contributed by atoms with Gasteiger partial charge in [0.05, 0.1) is 0 Å². The Morgan fingerprint density at radius 3 is 2.35 bits per heavy atom. The molecule has 0 aromatic rings. The maximum atomic E-state index is 12.9. The summed E-state index contributed by atoms with van der Waals surface area (Å²) in [5.41, 5.74) is -0.878. The van der Waals surface area contributed by atoms with E-state index < -0.39 is 11.5 Å². The second kappa shape index (κ2) is 3.56. The van der Waals surface area contributed by atoms with Crippen molar-refractivity contribution in [1.82, 2.24) is 4.90 Å². The van der Waals surface area contributed by atoms with Crippen LogP contribution in [0.3, 0.4) is 0 Å². The molecule has 1 aliphatic heterocycles. The maximum Gasteiger partial charge on any atom is 0.410 e. The van der Waals surface area contributed by atoms with Gasteiger partial charge in [-0.1, -0.05) is 0 Å². The molecule has 98 valence electrons. The van der Waals surface area contributed by atoms with E-state index in [9.17, 15) is 13.6 Å². The first-order chi connectivity index (χ1) is 7.61. The van der Waals surface area contributed by atoms with Crippen molar-refractivity contribution in [3.05, 3.63) is 0 Å². The lowest BCUT2D eigenvalue weighted by atomic mass is 9.65. The molecular weight excluding hydrogens is 228 g/mol. The second-order valence-electron chi connectivity index (χ2n) is 6.36. The number of rotatable bonds is 0. The van der Waals surface area contributed by atoms with E-state index in [1.54, 1.807) is 25.7 Å². The zero-order chi connectivity index (χ0) is 12.9. The summed E-state index contributed by atoms with van der Waals surface area (Å²) in [4.78, 5) is 13.3. The third-order valence-corrected chi connectivity index (χ3v) is 3.36. The molecule has 0 radical (unpaired) electrons. The van der Waals surface area contributed by atoms with Crippen LogP contribution >= 0.6 is 0 Å². The Balaban J connectivity index is 1.89. The molecule has 1 amide bonds. The van der Waals surface area contributed by atoms with Crippen molar-refractivity contribution in [2.45, 2.75) is 51.6 Å². The number of hydrogen-bond donors (Lipinski definition) is 0. The van der Waals surface area contributed by atoms with Crippen LogP contribution in [-0.4, -0.2) is 35.6 Å². The molecule has 1 saturated heterocycles. The van der Waals surface area contributed by atoms with E-state index in [2.05, 4.69) is 0 Å². The largest absolute Gasteiger partial charge is 0.444 e. The van der Waals surface area contributed by atoms with E-state index in [0.717, 1.165) is 0 Å². The van der Waals surface area contributed by atoms with E-state index in [0.29, 0.717) is 19.5 Å². The van der Waals surface area contributed by atoms with E-state index in [4.69, 9.17) is 4.74 Å². The zero-order valence-corrected chi connectivity index (χ0v) is 10.6. The molecule has 17 heavy (non-hydrogen) atoms. The lowest BCUT2D eigenvalue weighted by Gasteiger charge is -2.44. The van der Waals surface area contributed by atoms with E-state index in [1.165, 1.54) is 0 Å². The maximum absolute atomic E-state index is 12.9. The average Bonchev–Trinajstić information content (AvgIpc) is 2.43. The highest BCUT2D eigenvalue weighted by Gasteiger charge is 2.59. The molecule has 0 unspecified atom stereocenters. The predicted octanol–water partition coefficient (Wildman–Crippen LogP) is 3.04. The van der Waals surface area contributed by atoms with Crippen molar-refractivity contribution >= 4 is 6.09 Å². The summed E-state index contributed by atoms with van der Waals surface area (Å²) in [6.07, 6.45) is 0.116. The second-order valence-corrected chi connectivity index (χ2v) is 6.36. The highest BCUT2D eigenvalue weighted by atomic mass is 19.3. The lowest BCUT2D eigenvalue weighted by molar-refractivity contribution is -0.155. The SMILES string of the molecule is CC(C)(C)OC(=O)N1CCC2(C1)CC(F)(F)C2. The molecule has 1 spiro atoms. The topological polar surface area (TPSA) is 29.5 Å². The number of likely N-dealkylation sites (tertiary alicyclic amines) is 1. The molecule has 0 bridgehead atoms. The van der Waals surface area contributed by atoms with Gasteiger partial charge in [-0.2, -0.15) is 0 Å². The van der Waals surface area contributed by atoms with E-state index in [-0.39, 0.29) is 24.3 Å². The van der Waals surface area contributed by atoms with Gasteiger partial charge in [0.1, 0.15) is 5.60 Å². The Morgan fingerprint density at radius 2 is 1.88 bits per heavy atom. The molecular formula is C12H19F2NO2. The highest BCUT2D eigenvalue weighted by Crippen LogP contribution is 2.56. The van der Waals surface area contributed by atoms with Crippen LogP contribution in [0.15, 0.2) is 0 Å². The Hall–Kier alpha value is -0.870. The predicted molar refractivity (Wildman–Crippen MR) is 59.0 cm³/mol. The average molecular weight is 247 g/mol. The van der Waals surface area contributed by atoms with Crippen molar-refractivity contribution in [2.75, 3.05) is 13.1 Å². The molecule has 0 N–H and O–H groups in total. The van der Waals surface area contributed by atoms with Gasteiger partial charge in [0.15, 0.2) is 0 Å².